The Morgan fingerprint density at radius 1 is 1.03 bits per heavy atom. The summed E-state index contributed by atoms with van der Waals surface area (Å²) in [7, 11) is 0. The quantitative estimate of drug-likeness (QED) is 0.654. The monoisotopic (exact) mass is 413 g/mol. The van der Waals surface area contributed by atoms with Gasteiger partial charge in [-0.3, -0.25) is 9.79 Å². The Labute approximate surface area is 180 Å². The number of hydrogen-bond acceptors (Lipinski definition) is 6. The standard InChI is InChI=1S/C24H23N5O2/c1-17(30)28-10-12-29(13-11-28)23-6-2-18-14-21(4-5-22(18)27-23)31-24-7-3-19(16-26-24)20-8-9-25-15-20/h2-9,14,16H,10-13,15H2,1H3. The average Bonchev–Trinajstić information content (AvgIpc) is 3.34. The molecule has 0 spiro atoms. The molecule has 7 heteroatoms. The van der Waals surface area contributed by atoms with E-state index >= 15 is 0 Å². The van der Waals surface area contributed by atoms with Crippen LogP contribution >= 0.6 is 0 Å². The summed E-state index contributed by atoms with van der Waals surface area (Å²) in [5.74, 6) is 2.34. The SMILES string of the molecule is CC(=O)N1CCN(c2ccc3cc(Oc4ccc(C5=CC=NC5)cn4)ccc3n2)CC1. The normalized spacial score (nSPS) is 16.0. The predicted molar refractivity (Wildman–Crippen MR) is 122 cm³/mol. The molecular weight excluding hydrogens is 390 g/mol. The van der Waals surface area contributed by atoms with Gasteiger partial charge in [0.25, 0.3) is 0 Å². The fourth-order valence-electron chi connectivity index (χ4n) is 3.87. The van der Waals surface area contributed by atoms with Crippen molar-refractivity contribution in [3.8, 4) is 11.6 Å². The van der Waals surface area contributed by atoms with Gasteiger partial charge in [-0.1, -0.05) is 0 Å². The Morgan fingerprint density at radius 2 is 1.90 bits per heavy atom. The van der Waals surface area contributed by atoms with Gasteiger partial charge in [0.1, 0.15) is 11.6 Å². The number of benzene rings is 1. The molecule has 1 aromatic carbocycles. The fraction of sp³-hybridized carbons (Fsp3) is 0.250. The highest BCUT2D eigenvalue weighted by atomic mass is 16.5. The fourth-order valence-corrected chi connectivity index (χ4v) is 3.87. The zero-order valence-electron chi connectivity index (χ0n) is 17.4. The summed E-state index contributed by atoms with van der Waals surface area (Å²) in [5, 5.41) is 1.01. The van der Waals surface area contributed by atoms with Crippen molar-refractivity contribution in [1.82, 2.24) is 14.9 Å². The third-order valence-corrected chi connectivity index (χ3v) is 5.67. The van der Waals surface area contributed by atoms with Crippen LogP contribution in [0.15, 0.2) is 59.7 Å². The third-order valence-electron chi connectivity index (χ3n) is 5.67. The zero-order chi connectivity index (χ0) is 21.2. The molecule has 4 heterocycles. The van der Waals surface area contributed by atoms with Gasteiger partial charge in [0.15, 0.2) is 0 Å². The van der Waals surface area contributed by atoms with E-state index in [0.29, 0.717) is 12.4 Å². The van der Waals surface area contributed by atoms with E-state index < -0.39 is 0 Å². The van der Waals surface area contributed by atoms with Gasteiger partial charge in [-0.15, -0.1) is 0 Å². The lowest BCUT2D eigenvalue weighted by Gasteiger charge is -2.35. The number of pyridine rings is 2. The van der Waals surface area contributed by atoms with Crippen LogP contribution in [0.1, 0.15) is 12.5 Å². The first-order valence-electron chi connectivity index (χ1n) is 10.4. The molecule has 1 saturated heterocycles. The lowest BCUT2D eigenvalue weighted by Crippen LogP contribution is -2.48. The zero-order valence-corrected chi connectivity index (χ0v) is 17.4. The molecule has 1 fully saturated rings. The van der Waals surface area contributed by atoms with E-state index in [1.54, 1.807) is 6.92 Å². The minimum atomic E-state index is 0.132. The van der Waals surface area contributed by atoms with E-state index in [2.05, 4.69) is 20.9 Å². The van der Waals surface area contributed by atoms with Crippen molar-refractivity contribution >= 4 is 34.4 Å². The summed E-state index contributed by atoms with van der Waals surface area (Å²) in [6.45, 7) is 5.38. The largest absolute Gasteiger partial charge is 0.439 e. The van der Waals surface area contributed by atoms with E-state index in [-0.39, 0.29) is 5.91 Å². The summed E-state index contributed by atoms with van der Waals surface area (Å²) < 4.78 is 5.95. The van der Waals surface area contributed by atoms with Crippen molar-refractivity contribution in [2.75, 3.05) is 37.6 Å². The molecule has 0 aliphatic carbocycles. The molecule has 1 amide bonds. The molecule has 2 aliphatic heterocycles. The van der Waals surface area contributed by atoms with Gasteiger partial charge in [0.2, 0.25) is 11.8 Å². The van der Waals surface area contributed by atoms with Crippen molar-refractivity contribution < 1.29 is 9.53 Å². The number of carbonyl (C=O) groups excluding carboxylic acids is 1. The summed E-state index contributed by atoms with van der Waals surface area (Å²) in [5.41, 5.74) is 3.13. The average molecular weight is 413 g/mol. The molecule has 2 aliphatic rings. The molecule has 0 radical (unpaired) electrons. The number of piperazine rings is 1. The number of rotatable bonds is 4. The number of aliphatic imine (C=N–C) groups is 1. The predicted octanol–water partition coefficient (Wildman–Crippen LogP) is 3.56. The van der Waals surface area contributed by atoms with E-state index in [0.717, 1.165) is 59.8 Å². The Morgan fingerprint density at radius 3 is 2.61 bits per heavy atom. The maximum atomic E-state index is 11.5. The molecule has 7 nitrogen and oxygen atoms in total. The third kappa shape index (κ3) is 4.12. The second-order valence-electron chi connectivity index (χ2n) is 7.69. The van der Waals surface area contributed by atoms with Crippen LogP contribution in [0.2, 0.25) is 0 Å². The van der Waals surface area contributed by atoms with Crippen molar-refractivity contribution in [1.29, 1.82) is 0 Å². The number of aromatic nitrogens is 2. The summed E-state index contributed by atoms with van der Waals surface area (Å²) >= 11 is 0. The molecule has 156 valence electrons. The number of hydrogen-bond donors (Lipinski definition) is 0. The Balaban J connectivity index is 1.28. The van der Waals surface area contributed by atoms with Crippen LogP contribution in [0.5, 0.6) is 11.6 Å². The van der Waals surface area contributed by atoms with Crippen molar-refractivity contribution in [2.24, 2.45) is 4.99 Å². The smallest absolute Gasteiger partial charge is 0.219 e. The number of allylic oxidation sites excluding steroid dienone is 1. The van der Waals surface area contributed by atoms with E-state index in [1.807, 2.05) is 59.8 Å². The lowest BCUT2D eigenvalue weighted by atomic mass is 10.1. The molecule has 3 aromatic rings. The molecule has 0 unspecified atom stereocenters. The lowest BCUT2D eigenvalue weighted by molar-refractivity contribution is -0.129. The Hall–Kier alpha value is -3.74. The Kier molecular flexibility index (Phi) is 5.08. The first-order valence-corrected chi connectivity index (χ1v) is 10.4. The first-order chi connectivity index (χ1) is 15.2. The highest BCUT2D eigenvalue weighted by Crippen LogP contribution is 2.27. The van der Waals surface area contributed by atoms with Gasteiger partial charge in [-0.25, -0.2) is 9.97 Å². The van der Waals surface area contributed by atoms with E-state index in [1.165, 1.54) is 0 Å². The van der Waals surface area contributed by atoms with Gasteiger partial charge in [0, 0.05) is 57.0 Å². The molecule has 0 saturated carbocycles. The van der Waals surface area contributed by atoms with E-state index in [9.17, 15) is 4.79 Å². The minimum Gasteiger partial charge on any atom is -0.439 e. The van der Waals surface area contributed by atoms with Crippen molar-refractivity contribution in [2.45, 2.75) is 6.92 Å². The van der Waals surface area contributed by atoms with Crippen LogP contribution < -0.4 is 9.64 Å². The minimum absolute atomic E-state index is 0.132. The number of nitrogens with zero attached hydrogens (tertiary/aromatic N) is 5. The molecule has 0 N–H and O–H groups in total. The van der Waals surface area contributed by atoms with Gasteiger partial charge >= 0.3 is 0 Å². The first kappa shape index (κ1) is 19.2. The van der Waals surface area contributed by atoms with Gasteiger partial charge in [0.05, 0.1) is 12.1 Å². The second-order valence-corrected chi connectivity index (χ2v) is 7.69. The van der Waals surface area contributed by atoms with Crippen LogP contribution in [-0.2, 0) is 4.79 Å². The number of anilines is 1. The maximum absolute atomic E-state index is 11.5. The molecule has 0 atom stereocenters. The molecule has 0 bridgehead atoms. The van der Waals surface area contributed by atoms with Crippen molar-refractivity contribution in [3.63, 3.8) is 0 Å². The number of amides is 1. The van der Waals surface area contributed by atoms with Gasteiger partial charge in [-0.2, -0.15) is 0 Å². The van der Waals surface area contributed by atoms with Crippen molar-refractivity contribution in [3.05, 3.63) is 60.3 Å². The highest BCUT2D eigenvalue weighted by Gasteiger charge is 2.19. The topological polar surface area (TPSA) is 70.9 Å². The maximum Gasteiger partial charge on any atom is 0.219 e. The molecule has 31 heavy (non-hydrogen) atoms. The molecule has 5 rings (SSSR count). The number of ether oxygens (including phenoxy) is 1. The van der Waals surface area contributed by atoms with Crippen LogP contribution in [-0.4, -0.2) is 59.7 Å². The van der Waals surface area contributed by atoms with Crippen LogP contribution in [0.4, 0.5) is 5.82 Å². The molecule has 2 aromatic heterocycles. The van der Waals surface area contributed by atoms with E-state index in [4.69, 9.17) is 9.72 Å². The van der Waals surface area contributed by atoms with Crippen LogP contribution in [0.25, 0.3) is 16.5 Å². The number of carbonyl (C=O) groups is 1. The Bertz CT molecular complexity index is 1180. The highest BCUT2D eigenvalue weighted by molar-refractivity contribution is 5.89. The van der Waals surface area contributed by atoms with Crippen LogP contribution in [0, 0.1) is 0 Å². The summed E-state index contributed by atoms with van der Waals surface area (Å²) in [4.78, 5) is 29.1. The van der Waals surface area contributed by atoms with Gasteiger partial charge in [-0.05, 0) is 53.6 Å². The second kappa shape index (κ2) is 8.18. The summed E-state index contributed by atoms with van der Waals surface area (Å²) in [6.07, 6.45) is 5.64. The number of fused-ring (bicyclic) bond motifs is 1. The van der Waals surface area contributed by atoms with Crippen LogP contribution in [0.3, 0.4) is 0 Å². The molecular formula is C24H23N5O2. The summed E-state index contributed by atoms with van der Waals surface area (Å²) in [6, 6.07) is 13.8. The van der Waals surface area contributed by atoms with Gasteiger partial charge < -0.3 is 14.5 Å².